The van der Waals surface area contributed by atoms with Crippen LogP contribution < -0.4 is 4.29 Å². The Bertz CT molecular complexity index is 1650. The van der Waals surface area contributed by atoms with Crippen molar-refractivity contribution in [3.63, 3.8) is 0 Å². The highest BCUT2D eigenvalue weighted by Crippen LogP contribution is 2.42. The molecular formula is C31H26ClN3O. The van der Waals surface area contributed by atoms with Crippen molar-refractivity contribution < 1.29 is 4.29 Å². The van der Waals surface area contributed by atoms with Crippen LogP contribution in [0.1, 0.15) is 26.7 Å². The van der Waals surface area contributed by atoms with Gasteiger partial charge in [-0.25, -0.2) is 9.97 Å². The van der Waals surface area contributed by atoms with E-state index in [0.29, 0.717) is 5.75 Å². The summed E-state index contributed by atoms with van der Waals surface area (Å²) in [5.41, 5.74) is 5.00. The smallest absolute Gasteiger partial charge is 0.172 e. The van der Waals surface area contributed by atoms with Gasteiger partial charge in [-0.1, -0.05) is 69.2 Å². The SMILES string of the molecule is CCCC.ClOc1ccc(-c2c3ccccc3cc3ccc(-c4cncnc4)cc23)c2cccnc12. The summed E-state index contributed by atoms with van der Waals surface area (Å²) in [5.74, 6) is 0.540. The van der Waals surface area contributed by atoms with Gasteiger partial charge in [-0.3, -0.25) is 4.98 Å². The lowest BCUT2D eigenvalue weighted by atomic mass is 9.89. The molecule has 0 aliphatic rings. The van der Waals surface area contributed by atoms with E-state index >= 15 is 0 Å². The zero-order valence-electron chi connectivity index (χ0n) is 20.3. The van der Waals surface area contributed by atoms with E-state index in [1.165, 1.54) is 23.6 Å². The second-order valence-corrected chi connectivity index (χ2v) is 8.78. The van der Waals surface area contributed by atoms with Gasteiger partial charge in [0.25, 0.3) is 0 Å². The van der Waals surface area contributed by atoms with Gasteiger partial charge < -0.3 is 4.29 Å². The average molecular weight is 492 g/mol. The molecule has 0 N–H and O–H groups in total. The number of rotatable bonds is 4. The van der Waals surface area contributed by atoms with Crippen LogP contribution in [0.25, 0.3) is 54.7 Å². The fourth-order valence-electron chi connectivity index (χ4n) is 4.41. The number of nitrogens with zero attached hydrogens (tertiary/aromatic N) is 3. The maximum Gasteiger partial charge on any atom is 0.172 e. The summed E-state index contributed by atoms with van der Waals surface area (Å²) in [5, 5.41) is 5.65. The molecule has 178 valence electrons. The van der Waals surface area contributed by atoms with Crippen molar-refractivity contribution in [3.8, 4) is 28.0 Å². The number of benzene rings is 4. The third kappa shape index (κ3) is 4.48. The second-order valence-electron chi connectivity index (χ2n) is 8.62. The van der Waals surface area contributed by atoms with Gasteiger partial charge in [0, 0.05) is 29.5 Å². The van der Waals surface area contributed by atoms with Gasteiger partial charge in [0.15, 0.2) is 5.75 Å². The van der Waals surface area contributed by atoms with Crippen LogP contribution in [-0.4, -0.2) is 15.0 Å². The first-order valence-electron chi connectivity index (χ1n) is 12.1. The quantitative estimate of drug-likeness (QED) is 0.231. The van der Waals surface area contributed by atoms with E-state index in [1.807, 2.05) is 24.5 Å². The molecule has 6 rings (SSSR count). The number of aromatic nitrogens is 3. The van der Waals surface area contributed by atoms with E-state index in [2.05, 4.69) is 89.5 Å². The van der Waals surface area contributed by atoms with Crippen LogP contribution in [0.2, 0.25) is 0 Å². The number of hydrogen-bond donors (Lipinski definition) is 0. The van der Waals surface area contributed by atoms with Crippen LogP contribution >= 0.6 is 11.9 Å². The number of unbranched alkanes of at least 4 members (excludes halogenated alkanes) is 1. The van der Waals surface area contributed by atoms with E-state index < -0.39 is 0 Å². The molecule has 4 nitrogen and oxygen atoms in total. The van der Waals surface area contributed by atoms with E-state index in [4.69, 9.17) is 16.2 Å². The third-order valence-electron chi connectivity index (χ3n) is 6.34. The maximum absolute atomic E-state index is 5.73. The van der Waals surface area contributed by atoms with Gasteiger partial charge in [-0.05, 0) is 68.6 Å². The predicted molar refractivity (Wildman–Crippen MR) is 150 cm³/mol. The lowest BCUT2D eigenvalue weighted by Crippen LogP contribution is -1.91. The molecule has 36 heavy (non-hydrogen) atoms. The Morgan fingerprint density at radius 3 is 2.25 bits per heavy atom. The lowest BCUT2D eigenvalue weighted by Gasteiger charge is -2.16. The van der Waals surface area contributed by atoms with Crippen molar-refractivity contribution in [3.05, 3.63) is 97.7 Å². The molecule has 2 aromatic heterocycles. The molecule has 0 spiro atoms. The first-order valence-corrected chi connectivity index (χ1v) is 12.4. The lowest BCUT2D eigenvalue weighted by molar-refractivity contribution is 0.625. The minimum Gasteiger partial charge on any atom is -0.383 e. The molecule has 0 atom stereocenters. The number of fused-ring (bicyclic) bond motifs is 3. The Hall–Kier alpha value is -4.02. The average Bonchev–Trinajstić information content (AvgIpc) is 2.96. The molecule has 0 bridgehead atoms. The highest BCUT2D eigenvalue weighted by molar-refractivity contribution is 6.18. The van der Waals surface area contributed by atoms with Crippen LogP contribution in [0.15, 0.2) is 97.7 Å². The largest absolute Gasteiger partial charge is 0.383 e. The Labute approximate surface area is 215 Å². The molecule has 4 aromatic carbocycles. The van der Waals surface area contributed by atoms with Gasteiger partial charge >= 0.3 is 0 Å². The second kappa shape index (κ2) is 10.7. The molecule has 0 fully saturated rings. The standard InChI is InChI=1S/C27H16ClN3O.C4H10/c28-32-25-10-9-22(23-6-3-11-31-27(23)25)26-21-5-2-1-4-18(21)12-19-8-7-17(13-24(19)26)20-14-29-16-30-15-20;1-3-4-2/h1-16H;3-4H2,1-2H3. The molecule has 0 aliphatic heterocycles. The van der Waals surface area contributed by atoms with Gasteiger partial charge in [-0.2, -0.15) is 0 Å². The highest BCUT2D eigenvalue weighted by atomic mass is 35.5. The summed E-state index contributed by atoms with van der Waals surface area (Å²) in [7, 11) is 0. The summed E-state index contributed by atoms with van der Waals surface area (Å²) in [6.45, 7) is 4.36. The Kier molecular flexibility index (Phi) is 7.06. The molecule has 6 aromatic rings. The van der Waals surface area contributed by atoms with Gasteiger partial charge in [-0.15, -0.1) is 0 Å². The molecular weight excluding hydrogens is 466 g/mol. The van der Waals surface area contributed by atoms with E-state index in [1.54, 1.807) is 12.5 Å². The van der Waals surface area contributed by atoms with Crippen LogP contribution in [0.5, 0.6) is 5.75 Å². The molecule has 0 radical (unpaired) electrons. The molecule has 0 amide bonds. The van der Waals surface area contributed by atoms with Gasteiger partial charge in [0.2, 0.25) is 0 Å². The summed E-state index contributed by atoms with van der Waals surface area (Å²) < 4.78 is 5.07. The van der Waals surface area contributed by atoms with E-state index in [-0.39, 0.29) is 0 Å². The molecule has 0 aliphatic carbocycles. The molecule has 5 heteroatoms. The zero-order valence-corrected chi connectivity index (χ0v) is 21.0. The van der Waals surface area contributed by atoms with Crippen molar-refractivity contribution in [1.29, 1.82) is 0 Å². The normalized spacial score (nSPS) is 10.9. The first kappa shape index (κ1) is 23.7. The fraction of sp³-hybridized carbons (Fsp3) is 0.129. The first-order chi connectivity index (χ1) is 17.7. The van der Waals surface area contributed by atoms with Gasteiger partial charge in [0.05, 0.1) is 0 Å². The minimum absolute atomic E-state index is 0.540. The number of halogens is 1. The maximum atomic E-state index is 5.73. The van der Waals surface area contributed by atoms with E-state index in [9.17, 15) is 0 Å². The predicted octanol–water partition coefficient (Wildman–Crippen LogP) is 9.00. The van der Waals surface area contributed by atoms with Crippen molar-refractivity contribution in [2.24, 2.45) is 0 Å². The number of hydrogen-bond acceptors (Lipinski definition) is 4. The third-order valence-corrected chi connectivity index (χ3v) is 6.51. The monoisotopic (exact) mass is 491 g/mol. The minimum atomic E-state index is 0.540. The Morgan fingerprint density at radius 1 is 0.722 bits per heavy atom. The Morgan fingerprint density at radius 2 is 1.47 bits per heavy atom. The summed E-state index contributed by atoms with van der Waals surface area (Å²) >= 11 is 5.73. The van der Waals surface area contributed by atoms with Crippen molar-refractivity contribution in [2.45, 2.75) is 26.7 Å². The summed E-state index contributed by atoms with van der Waals surface area (Å²) in [4.78, 5) is 12.9. The fourth-order valence-corrected chi connectivity index (χ4v) is 4.53. The summed E-state index contributed by atoms with van der Waals surface area (Å²) in [6, 6.07) is 25.1. The zero-order chi connectivity index (χ0) is 24.9. The van der Waals surface area contributed by atoms with E-state index in [0.717, 1.165) is 43.9 Å². The number of pyridine rings is 1. The van der Waals surface area contributed by atoms with Crippen LogP contribution in [0.3, 0.4) is 0 Å². The van der Waals surface area contributed by atoms with Crippen LogP contribution in [0.4, 0.5) is 0 Å². The molecule has 2 heterocycles. The molecule has 0 saturated carbocycles. The topological polar surface area (TPSA) is 47.9 Å². The van der Waals surface area contributed by atoms with Gasteiger partial charge in [0.1, 0.15) is 23.7 Å². The van der Waals surface area contributed by atoms with Crippen molar-refractivity contribution >= 4 is 44.3 Å². The van der Waals surface area contributed by atoms with Crippen LogP contribution in [0, 0.1) is 0 Å². The van der Waals surface area contributed by atoms with Crippen molar-refractivity contribution in [2.75, 3.05) is 0 Å². The van der Waals surface area contributed by atoms with Crippen molar-refractivity contribution in [1.82, 2.24) is 15.0 Å². The van der Waals surface area contributed by atoms with Crippen LogP contribution in [-0.2, 0) is 0 Å². The summed E-state index contributed by atoms with van der Waals surface area (Å²) in [6.07, 6.45) is 9.60. The Balaban J connectivity index is 0.000000623. The molecule has 0 saturated heterocycles. The molecule has 0 unspecified atom stereocenters. The highest BCUT2D eigenvalue weighted by Gasteiger charge is 2.16.